The third kappa shape index (κ3) is 4.80. The lowest BCUT2D eigenvalue weighted by molar-refractivity contribution is -0.122. The Morgan fingerprint density at radius 3 is 2.54 bits per heavy atom. The molecule has 0 fully saturated rings. The predicted molar refractivity (Wildman–Crippen MR) is 108 cm³/mol. The maximum Gasteiger partial charge on any atom is 0.269 e. The molecule has 0 saturated heterocycles. The number of nitrogens with zero attached hydrogens (tertiary/aromatic N) is 1. The first-order chi connectivity index (χ1) is 12.1. The van der Waals surface area contributed by atoms with Crippen LogP contribution in [0.2, 0.25) is 0 Å². The Balaban J connectivity index is 2.64. The van der Waals surface area contributed by atoms with E-state index in [1.807, 2.05) is 52.1 Å². The highest BCUT2D eigenvalue weighted by atomic mass is 32.1. The zero-order chi connectivity index (χ0) is 19.5. The van der Waals surface area contributed by atoms with Crippen LogP contribution in [0.4, 0.5) is 0 Å². The average Bonchev–Trinajstić information content (AvgIpc) is 3.06. The molecule has 0 aliphatic heterocycles. The zero-order valence-electron chi connectivity index (χ0n) is 15.7. The van der Waals surface area contributed by atoms with Gasteiger partial charge in [-0.2, -0.15) is 0 Å². The van der Waals surface area contributed by atoms with Crippen LogP contribution in [0.1, 0.15) is 38.1 Å². The van der Waals surface area contributed by atoms with Gasteiger partial charge in [-0.15, -0.1) is 22.7 Å². The summed E-state index contributed by atoms with van der Waals surface area (Å²) in [6.45, 7) is 9.69. The number of carbonyl (C=O) groups excluding carboxylic acids is 2. The Hall–Kier alpha value is -1.99. The summed E-state index contributed by atoms with van der Waals surface area (Å²) in [6, 6.07) is 1.99. The van der Waals surface area contributed by atoms with E-state index in [1.54, 1.807) is 11.3 Å². The lowest BCUT2D eigenvalue weighted by atomic mass is 9.91. The van der Waals surface area contributed by atoms with E-state index in [9.17, 15) is 14.4 Å². The normalized spacial score (nSPS) is 13.3. The first kappa shape index (κ1) is 20.3. The molecule has 2 aromatic rings. The highest BCUT2D eigenvalue weighted by Gasteiger charge is 2.20. The van der Waals surface area contributed by atoms with E-state index >= 15 is 0 Å². The minimum atomic E-state index is -0.551. The maximum absolute atomic E-state index is 12.8. The van der Waals surface area contributed by atoms with Gasteiger partial charge in [0.25, 0.3) is 5.56 Å². The summed E-state index contributed by atoms with van der Waals surface area (Å²) < 4.78 is 2.41. The van der Waals surface area contributed by atoms with Gasteiger partial charge in [0.2, 0.25) is 5.91 Å². The molecular weight excluding hydrogens is 368 g/mol. The number of aryl methyl sites for hydroxylation is 1. The molecule has 0 unspecified atom stereocenters. The largest absolute Gasteiger partial charge is 0.355 e. The van der Waals surface area contributed by atoms with Crippen LogP contribution in [0, 0.1) is 12.3 Å². The highest BCUT2D eigenvalue weighted by Crippen LogP contribution is 2.16. The minimum Gasteiger partial charge on any atom is -0.355 e. The molecule has 0 spiro atoms. The number of Topliss-reactive ketones (excluding diaryl/α,β-unsaturated/α-hetero) is 1. The number of rotatable bonds is 5. The van der Waals surface area contributed by atoms with Crippen LogP contribution in [0.5, 0.6) is 0 Å². The van der Waals surface area contributed by atoms with Gasteiger partial charge in [-0.05, 0) is 36.9 Å². The summed E-state index contributed by atoms with van der Waals surface area (Å²) in [5.41, 5.74) is 0.293. The molecule has 0 atom stereocenters. The van der Waals surface area contributed by atoms with Gasteiger partial charge in [-0.25, -0.2) is 0 Å². The van der Waals surface area contributed by atoms with Gasteiger partial charge >= 0.3 is 0 Å². The third-order valence-corrected chi connectivity index (χ3v) is 5.80. The van der Waals surface area contributed by atoms with Crippen molar-refractivity contribution in [2.24, 2.45) is 5.41 Å². The quantitative estimate of drug-likeness (QED) is 0.841. The van der Waals surface area contributed by atoms with Crippen molar-refractivity contribution in [3.05, 3.63) is 41.4 Å². The van der Waals surface area contributed by atoms with Gasteiger partial charge in [-0.3, -0.25) is 19.0 Å². The van der Waals surface area contributed by atoms with E-state index < -0.39 is 5.41 Å². The Morgan fingerprint density at radius 2 is 2.00 bits per heavy atom. The predicted octanol–water partition coefficient (Wildman–Crippen LogP) is 1.64. The molecule has 140 valence electrons. The number of ketones is 1. The lowest BCUT2D eigenvalue weighted by Crippen LogP contribution is -2.38. The second-order valence-corrected chi connectivity index (χ2v) is 9.03. The number of hydrogen-bond donors (Lipinski definition) is 1. The topological polar surface area (TPSA) is 68.2 Å². The molecule has 2 rings (SSSR count). The summed E-state index contributed by atoms with van der Waals surface area (Å²) in [4.78, 5) is 38.3. The van der Waals surface area contributed by atoms with Crippen molar-refractivity contribution in [2.45, 2.75) is 41.2 Å². The molecule has 2 heterocycles. The first-order valence-corrected chi connectivity index (χ1v) is 10.1. The Kier molecular flexibility index (Phi) is 6.36. The molecule has 0 aromatic carbocycles. The van der Waals surface area contributed by atoms with Crippen molar-refractivity contribution in [3.8, 4) is 0 Å². The number of nitrogens with one attached hydrogen (secondary N) is 1. The Bertz CT molecular complexity index is 987. The molecule has 7 heteroatoms. The summed E-state index contributed by atoms with van der Waals surface area (Å²) in [7, 11) is 0. The Labute approximate surface area is 160 Å². The van der Waals surface area contributed by atoms with E-state index in [-0.39, 0.29) is 23.8 Å². The molecule has 0 aliphatic carbocycles. The van der Waals surface area contributed by atoms with Crippen molar-refractivity contribution in [2.75, 3.05) is 6.54 Å². The van der Waals surface area contributed by atoms with Gasteiger partial charge in [0.15, 0.2) is 5.78 Å². The summed E-state index contributed by atoms with van der Waals surface area (Å²) in [6.07, 6.45) is 3.31. The fourth-order valence-corrected chi connectivity index (χ4v) is 4.13. The van der Waals surface area contributed by atoms with Crippen LogP contribution in [-0.2, 0) is 16.1 Å². The van der Waals surface area contributed by atoms with Crippen LogP contribution >= 0.6 is 22.7 Å². The molecule has 0 aliphatic rings. The van der Waals surface area contributed by atoms with Crippen LogP contribution in [-0.4, -0.2) is 22.8 Å². The molecular formula is C19H24N2O3S2. The Morgan fingerprint density at radius 1 is 1.31 bits per heavy atom. The lowest BCUT2D eigenvalue weighted by Gasteiger charge is -2.12. The number of carbonyl (C=O) groups is 2. The molecule has 26 heavy (non-hydrogen) atoms. The number of hydrogen-bond acceptors (Lipinski definition) is 5. The summed E-state index contributed by atoms with van der Waals surface area (Å²) >= 11 is 2.80. The summed E-state index contributed by atoms with van der Waals surface area (Å²) in [5, 5.41) is 4.67. The standard InChI is InChI=1S/C19H24N2O3S2/c1-6-20-16(23)11-21-17(10-15(22)19(3,4)5)26-14(18(21)24)9-13-12(2)7-8-25-13/h7-10H,6,11H2,1-5H3,(H,20,23)/b14-9+,17-10-. The maximum atomic E-state index is 12.8. The smallest absolute Gasteiger partial charge is 0.269 e. The van der Waals surface area contributed by atoms with Gasteiger partial charge in [-0.1, -0.05) is 20.8 Å². The second kappa shape index (κ2) is 8.14. The minimum absolute atomic E-state index is 0.0812. The van der Waals surface area contributed by atoms with E-state index in [0.717, 1.165) is 10.4 Å². The van der Waals surface area contributed by atoms with Crippen molar-refractivity contribution < 1.29 is 9.59 Å². The van der Waals surface area contributed by atoms with Gasteiger partial charge in [0, 0.05) is 22.9 Å². The average molecular weight is 393 g/mol. The van der Waals surface area contributed by atoms with Crippen LogP contribution < -0.4 is 20.1 Å². The van der Waals surface area contributed by atoms with E-state index in [2.05, 4.69) is 5.32 Å². The third-order valence-electron chi connectivity index (χ3n) is 3.77. The molecule has 0 saturated carbocycles. The molecule has 0 radical (unpaired) electrons. The molecule has 0 bridgehead atoms. The van der Waals surface area contributed by atoms with Gasteiger partial charge in [0.1, 0.15) is 11.2 Å². The van der Waals surface area contributed by atoms with E-state index in [0.29, 0.717) is 15.7 Å². The fraction of sp³-hybridized carbons (Fsp3) is 0.421. The van der Waals surface area contributed by atoms with Crippen molar-refractivity contribution >= 4 is 46.5 Å². The number of amides is 1. The SMILES string of the molecule is CCNC(=O)Cn1c(=O)/c(=C\c2sccc2C)s/c1=C\C(=O)C(C)(C)C. The van der Waals surface area contributed by atoms with Crippen LogP contribution in [0.25, 0.3) is 12.2 Å². The monoisotopic (exact) mass is 392 g/mol. The van der Waals surface area contributed by atoms with Crippen molar-refractivity contribution in [1.29, 1.82) is 0 Å². The second-order valence-electron chi connectivity index (χ2n) is 7.02. The van der Waals surface area contributed by atoms with Crippen LogP contribution in [0.3, 0.4) is 0 Å². The number of aromatic nitrogens is 1. The number of thiazole rings is 1. The van der Waals surface area contributed by atoms with Crippen molar-refractivity contribution in [3.63, 3.8) is 0 Å². The van der Waals surface area contributed by atoms with Gasteiger partial charge in [0.05, 0.1) is 4.53 Å². The number of thiophene rings is 1. The summed E-state index contributed by atoms with van der Waals surface area (Å²) in [5.74, 6) is -0.327. The van der Waals surface area contributed by atoms with Crippen LogP contribution in [0.15, 0.2) is 16.2 Å². The first-order valence-electron chi connectivity index (χ1n) is 8.41. The molecule has 2 aromatic heterocycles. The van der Waals surface area contributed by atoms with Gasteiger partial charge < -0.3 is 5.32 Å². The van der Waals surface area contributed by atoms with Crippen molar-refractivity contribution in [1.82, 2.24) is 9.88 Å². The fourth-order valence-electron chi connectivity index (χ4n) is 2.17. The molecule has 5 nitrogen and oxygen atoms in total. The molecule has 1 N–H and O–H groups in total. The highest BCUT2D eigenvalue weighted by molar-refractivity contribution is 7.11. The molecule has 1 amide bonds. The number of likely N-dealkylation sites (N-methyl/N-ethyl adjacent to an activating group) is 1. The van der Waals surface area contributed by atoms with E-state index in [4.69, 9.17) is 0 Å². The zero-order valence-corrected chi connectivity index (χ0v) is 17.3. The van der Waals surface area contributed by atoms with E-state index in [1.165, 1.54) is 22.0 Å².